The molecule has 9 nitrogen and oxygen atoms in total. The predicted octanol–water partition coefficient (Wildman–Crippen LogP) is 0.810. The van der Waals surface area contributed by atoms with Crippen molar-refractivity contribution < 1.29 is 32.2 Å². The lowest BCUT2D eigenvalue weighted by Crippen LogP contribution is -2.39. The van der Waals surface area contributed by atoms with Gasteiger partial charge in [0.25, 0.3) is 5.56 Å². The van der Waals surface area contributed by atoms with Crippen molar-refractivity contribution in [3.05, 3.63) is 32.6 Å². The molecule has 0 spiro atoms. The second-order valence-corrected chi connectivity index (χ2v) is 7.03. The summed E-state index contributed by atoms with van der Waals surface area (Å²) in [4.78, 5) is 37.1. The number of halogens is 4. The van der Waals surface area contributed by atoms with Gasteiger partial charge < -0.3 is 19.9 Å². The van der Waals surface area contributed by atoms with E-state index < -0.39 is 53.4 Å². The smallest absolute Gasteiger partial charge is 0.423 e. The van der Waals surface area contributed by atoms with E-state index in [-0.39, 0.29) is 38.0 Å². The molecule has 3 N–H and O–H groups in total. The number of rotatable bonds is 7. The van der Waals surface area contributed by atoms with E-state index in [0.717, 1.165) is 0 Å². The lowest BCUT2D eigenvalue weighted by atomic mass is 10.1. The summed E-state index contributed by atoms with van der Waals surface area (Å²) in [5.41, 5.74) is 1.51. The number of carbonyl (C=O) groups excluding carboxylic acids is 1. The Morgan fingerprint density at radius 2 is 2.10 bits per heavy atom. The first-order valence-corrected chi connectivity index (χ1v) is 9.01. The first-order valence-electron chi connectivity index (χ1n) is 9.01. The van der Waals surface area contributed by atoms with Gasteiger partial charge in [0.05, 0.1) is 6.10 Å². The van der Waals surface area contributed by atoms with Gasteiger partial charge in [-0.3, -0.25) is 19.1 Å². The van der Waals surface area contributed by atoms with Crippen molar-refractivity contribution in [2.24, 2.45) is 11.7 Å². The zero-order chi connectivity index (χ0) is 22.6. The second kappa shape index (κ2) is 10.8. The van der Waals surface area contributed by atoms with E-state index in [1.807, 2.05) is 0 Å². The molecule has 0 saturated carbocycles. The van der Waals surface area contributed by atoms with Crippen LogP contribution in [0.1, 0.15) is 32.1 Å². The summed E-state index contributed by atoms with van der Waals surface area (Å²) < 4.78 is 55.8. The number of nitrogens with zero attached hydrogens (tertiary/aromatic N) is 1. The van der Waals surface area contributed by atoms with Gasteiger partial charge in [0, 0.05) is 12.6 Å². The van der Waals surface area contributed by atoms with Crippen molar-refractivity contribution in [3.63, 3.8) is 0 Å². The van der Waals surface area contributed by atoms with Crippen LogP contribution >= 0.6 is 12.4 Å². The monoisotopic (exact) mass is 469 g/mol. The molecule has 0 unspecified atom stereocenters. The topological polar surface area (TPSA) is 126 Å². The van der Waals surface area contributed by atoms with Crippen LogP contribution in [0.4, 0.5) is 13.2 Å². The van der Waals surface area contributed by atoms with Gasteiger partial charge in [-0.05, 0) is 5.92 Å². The first-order chi connectivity index (χ1) is 14.0. The van der Waals surface area contributed by atoms with Crippen molar-refractivity contribution in [1.82, 2.24) is 9.55 Å². The van der Waals surface area contributed by atoms with Gasteiger partial charge >= 0.3 is 17.8 Å². The maximum atomic E-state index is 13.0. The molecular formula is C18H23ClF3N3O6. The molecule has 174 valence electrons. The molecule has 31 heavy (non-hydrogen) atoms. The van der Waals surface area contributed by atoms with Crippen molar-refractivity contribution in [3.8, 4) is 12.3 Å². The van der Waals surface area contributed by atoms with E-state index >= 15 is 0 Å². The van der Waals surface area contributed by atoms with Crippen LogP contribution in [0.15, 0.2) is 15.8 Å². The highest BCUT2D eigenvalue weighted by molar-refractivity contribution is 5.85. The van der Waals surface area contributed by atoms with Crippen molar-refractivity contribution in [2.45, 2.75) is 50.9 Å². The van der Waals surface area contributed by atoms with Crippen LogP contribution in [0.25, 0.3) is 0 Å². The van der Waals surface area contributed by atoms with Crippen LogP contribution in [0.5, 0.6) is 0 Å². The molecule has 0 bridgehead atoms. The number of aromatic amines is 1. The standard InChI is InChI=1S/C18H22F3N3O6.ClH/c1-4-5-28-11-6-13(30-12(11)8-29-16(26)14(22)9(2)3)24-7-10(18(19,20)21)15(25)23-17(24)27;/h1,7,9,11-14H,5-6,8,22H2,2-3H3,(H,23,25,27);1H/t11-,12+,13+,14+;/m0./s1. The molecule has 4 atom stereocenters. The van der Waals surface area contributed by atoms with Gasteiger partial charge in [-0.2, -0.15) is 13.2 Å². The van der Waals surface area contributed by atoms with Crippen LogP contribution in [-0.2, 0) is 25.2 Å². The molecule has 2 heterocycles. The Kier molecular flexibility index (Phi) is 9.31. The van der Waals surface area contributed by atoms with Crippen molar-refractivity contribution in [2.75, 3.05) is 13.2 Å². The highest BCUT2D eigenvalue weighted by Crippen LogP contribution is 2.32. The minimum atomic E-state index is -4.97. The van der Waals surface area contributed by atoms with Crippen molar-refractivity contribution >= 4 is 18.4 Å². The minimum absolute atomic E-state index is 0. The zero-order valence-corrected chi connectivity index (χ0v) is 17.5. The summed E-state index contributed by atoms with van der Waals surface area (Å²) in [6.07, 6.45) is -2.39. The number of alkyl halides is 3. The Labute approximate surface area is 181 Å². The molecule has 1 fully saturated rings. The largest absolute Gasteiger partial charge is 0.462 e. The maximum Gasteiger partial charge on any atom is 0.423 e. The van der Waals surface area contributed by atoms with Gasteiger partial charge in [0.15, 0.2) is 0 Å². The number of H-pyrrole nitrogens is 1. The van der Waals surface area contributed by atoms with E-state index in [9.17, 15) is 27.6 Å². The van der Waals surface area contributed by atoms with Crippen molar-refractivity contribution in [1.29, 1.82) is 0 Å². The maximum absolute atomic E-state index is 13.0. The van der Waals surface area contributed by atoms with E-state index in [0.29, 0.717) is 10.8 Å². The Morgan fingerprint density at radius 3 is 2.65 bits per heavy atom. The fourth-order valence-corrected chi connectivity index (χ4v) is 2.79. The molecule has 0 radical (unpaired) electrons. The number of esters is 1. The number of ether oxygens (including phenoxy) is 3. The average Bonchev–Trinajstić information content (AvgIpc) is 3.05. The minimum Gasteiger partial charge on any atom is -0.462 e. The highest BCUT2D eigenvalue weighted by Gasteiger charge is 2.41. The lowest BCUT2D eigenvalue weighted by Gasteiger charge is -2.20. The fraction of sp³-hybridized carbons (Fsp3) is 0.611. The molecule has 1 aromatic heterocycles. The number of terminal acetylenes is 1. The third kappa shape index (κ3) is 6.57. The molecule has 0 aliphatic carbocycles. The number of nitrogens with two attached hydrogens (primary N) is 1. The Hall–Kier alpha value is -2.33. The van der Waals surface area contributed by atoms with Crippen LogP contribution < -0.4 is 17.0 Å². The zero-order valence-electron chi connectivity index (χ0n) is 16.7. The predicted molar refractivity (Wildman–Crippen MR) is 104 cm³/mol. The molecule has 1 saturated heterocycles. The molecule has 2 rings (SSSR count). The van der Waals surface area contributed by atoms with Gasteiger partial charge in [-0.15, -0.1) is 18.8 Å². The summed E-state index contributed by atoms with van der Waals surface area (Å²) in [6, 6.07) is -0.872. The summed E-state index contributed by atoms with van der Waals surface area (Å²) in [6.45, 7) is 3.02. The van der Waals surface area contributed by atoms with E-state index in [1.54, 1.807) is 18.8 Å². The Balaban J connectivity index is 0.00000480. The Bertz CT molecular complexity index is 924. The SMILES string of the molecule is C#CCO[C@H]1C[C@H](n2cc(C(F)(F)F)c(=O)[nH]c2=O)O[C@@H]1COC(=O)[C@H](N)C(C)C.Cl. The molecule has 1 aliphatic heterocycles. The lowest BCUT2D eigenvalue weighted by molar-refractivity contribution is -0.153. The van der Waals surface area contributed by atoms with E-state index in [2.05, 4.69) is 5.92 Å². The summed E-state index contributed by atoms with van der Waals surface area (Å²) >= 11 is 0. The quantitative estimate of drug-likeness (QED) is 0.447. The number of aromatic nitrogens is 2. The normalized spacial score (nSPS) is 21.9. The van der Waals surface area contributed by atoms with Gasteiger partial charge in [0.1, 0.15) is 37.2 Å². The number of hydrogen-bond acceptors (Lipinski definition) is 7. The van der Waals surface area contributed by atoms with Crippen LogP contribution in [0, 0.1) is 18.3 Å². The fourth-order valence-electron chi connectivity index (χ4n) is 2.79. The molecule has 0 amide bonds. The third-order valence-corrected chi connectivity index (χ3v) is 4.52. The third-order valence-electron chi connectivity index (χ3n) is 4.52. The molecule has 13 heteroatoms. The van der Waals surface area contributed by atoms with E-state index in [4.69, 9.17) is 26.4 Å². The summed E-state index contributed by atoms with van der Waals surface area (Å²) in [5, 5.41) is 0. The molecule has 1 aliphatic rings. The van der Waals surface area contributed by atoms with E-state index in [1.165, 1.54) is 0 Å². The molecule has 0 aromatic carbocycles. The number of carbonyl (C=O) groups is 1. The van der Waals surface area contributed by atoms with Gasteiger partial charge in [-0.25, -0.2) is 4.79 Å². The molecular weight excluding hydrogens is 447 g/mol. The average molecular weight is 470 g/mol. The summed E-state index contributed by atoms with van der Waals surface area (Å²) in [7, 11) is 0. The Morgan fingerprint density at radius 1 is 1.45 bits per heavy atom. The second-order valence-electron chi connectivity index (χ2n) is 7.03. The first kappa shape index (κ1) is 26.7. The highest BCUT2D eigenvalue weighted by atomic mass is 35.5. The van der Waals surface area contributed by atoms with Crippen LogP contribution in [0.2, 0.25) is 0 Å². The summed E-state index contributed by atoms with van der Waals surface area (Å²) in [5.74, 6) is 1.38. The number of hydrogen-bond donors (Lipinski definition) is 2. The van der Waals surface area contributed by atoms with Crippen LogP contribution in [0.3, 0.4) is 0 Å². The van der Waals surface area contributed by atoms with Gasteiger partial charge in [0.2, 0.25) is 0 Å². The number of nitrogens with one attached hydrogen (secondary N) is 1. The van der Waals surface area contributed by atoms with Gasteiger partial charge in [-0.1, -0.05) is 19.8 Å². The molecule has 1 aromatic rings. The van der Waals surface area contributed by atoms with Crippen LogP contribution in [-0.4, -0.2) is 47.0 Å².